The summed E-state index contributed by atoms with van der Waals surface area (Å²) >= 11 is 0. The molecule has 2 fully saturated rings. The van der Waals surface area contributed by atoms with Crippen LogP contribution in [0.25, 0.3) is 0 Å². The summed E-state index contributed by atoms with van der Waals surface area (Å²) < 4.78 is 2.38. The number of hydrogen-bond acceptors (Lipinski definition) is 2. The third-order valence-electron chi connectivity index (χ3n) is 4.63. The second-order valence-electron chi connectivity index (χ2n) is 5.61. The number of hydrogen-bond donors (Lipinski definition) is 1. The van der Waals surface area contributed by atoms with E-state index in [2.05, 4.69) is 15.7 Å². The van der Waals surface area contributed by atoms with Crippen LogP contribution < -0.4 is 0 Å². The Morgan fingerprint density at radius 3 is 2.76 bits per heavy atom. The molecule has 0 unspecified atom stereocenters. The lowest BCUT2D eigenvalue weighted by Gasteiger charge is -2.23. The first kappa shape index (κ1) is 11.3. The molecule has 3 nitrogen and oxygen atoms in total. The number of aromatic nitrogens is 2. The van der Waals surface area contributed by atoms with E-state index < -0.39 is 0 Å². The quantitative estimate of drug-likeness (QED) is 0.873. The molecule has 3 rings (SSSR count). The van der Waals surface area contributed by atoms with Crippen molar-refractivity contribution in [3.8, 4) is 0 Å². The second kappa shape index (κ2) is 4.81. The Balaban J connectivity index is 1.84. The van der Waals surface area contributed by atoms with Crippen LogP contribution in [0.4, 0.5) is 0 Å². The first-order valence-corrected chi connectivity index (χ1v) is 7.03. The van der Waals surface area contributed by atoms with Crippen LogP contribution in [0.2, 0.25) is 0 Å². The largest absolute Gasteiger partial charge is 0.396 e. The SMILES string of the molecule is OC[C@@H]1CCC[C@@H]1n1ccnc1C1CCCC1. The van der Waals surface area contributed by atoms with E-state index in [1.54, 1.807) is 0 Å². The molecule has 2 atom stereocenters. The topological polar surface area (TPSA) is 38.0 Å². The zero-order valence-corrected chi connectivity index (χ0v) is 10.4. The normalized spacial score (nSPS) is 30.2. The minimum Gasteiger partial charge on any atom is -0.396 e. The maximum Gasteiger partial charge on any atom is 0.112 e. The van der Waals surface area contributed by atoms with Crippen LogP contribution >= 0.6 is 0 Å². The highest BCUT2D eigenvalue weighted by molar-refractivity contribution is 5.05. The van der Waals surface area contributed by atoms with Crippen molar-refractivity contribution in [3.63, 3.8) is 0 Å². The van der Waals surface area contributed by atoms with E-state index in [4.69, 9.17) is 0 Å². The van der Waals surface area contributed by atoms with Gasteiger partial charge in [0.2, 0.25) is 0 Å². The molecule has 2 aliphatic rings. The first-order chi connectivity index (χ1) is 8.40. The molecule has 1 heterocycles. The molecule has 3 heteroatoms. The van der Waals surface area contributed by atoms with Crippen LogP contribution in [0.5, 0.6) is 0 Å². The van der Waals surface area contributed by atoms with Gasteiger partial charge in [0.25, 0.3) is 0 Å². The molecule has 2 aliphatic carbocycles. The Bertz CT molecular complexity index is 368. The minimum absolute atomic E-state index is 0.326. The van der Waals surface area contributed by atoms with Gasteiger partial charge in [0.1, 0.15) is 5.82 Å². The van der Waals surface area contributed by atoms with Crippen LogP contribution in [0, 0.1) is 5.92 Å². The minimum atomic E-state index is 0.326. The summed E-state index contributed by atoms with van der Waals surface area (Å²) in [6.45, 7) is 0.326. The van der Waals surface area contributed by atoms with Gasteiger partial charge in [-0.25, -0.2) is 4.98 Å². The van der Waals surface area contributed by atoms with Crippen LogP contribution in [-0.4, -0.2) is 21.3 Å². The summed E-state index contributed by atoms with van der Waals surface area (Å²) in [7, 11) is 0. The molecule has 1 aromatic rings. The monoisotopic (exact) mass is 234 g/mol. The summed E-state index contributed by atoms with van der Waals surface area (Å²) in [6.07, 6.45) is 13.0. The van der Waals surface area contributed by atoms with E-state index in [1.807, 2.05) is 6.20 Å². The summed E-state index contributed by atoms with van der Waals surface area (Å²) in [6, 6.07) is 0.498. The predicted octanol–water partition coefficient (Wildman–Crippen LogP) is 2.87. The zero-order valence-electron chi connectivity index (χ0n) is 10.4. The lowest BCUT2D eigenvalue weighted by atomic mass is 10.0. The molecule has 0 aromatic carbocycles. The molecule has 94 valence electrons. The van der Waals surface area contributed by atoms with Gasteiger partial charge in [-0.1, -0.05) is 19.3 Å². The van der Waals surface area contributed by atoms with Crippen molar-refractivity contribution >= 4 is 0 Å². The Hall–Kier alpha value is -0.830. The predicted molar refractivity (Wildman–Crippen MR) is 66.9 cm³/mol. The summed E-state index contributed by atoms with van der Waals surface area (Å²) in [5.41, 5.74) is 0. The first-order valence-electron chi connectivity index (χ1n) is 7.03. The molecular formula is C14H22N2O. The van der Waals surface area contributed by atoms with Crippen molar-refractivity contribution in [2.75, 3.05) is 6.61 Å². The van der Waals surface area contributed by atoms with Gasteiger partial charge in [0.15, 0.2) is 0 Å². The van der Waals surface area contributed by atoms with E-state index in [1.165, 1.54) is 50.8 Å². The lowest BCUT2D eigenvalue weighted by molar-refractivity contribution is 0.194. The van der Waals surface area contributed by atoms with Gasteiger partial charge in [0.05, 0.1) is 0 Å². The highest BCUT2D eigenvalue weighted by atomic mass is 16.3. The van der Waals surface area contributed by atoms with Crippen molar-refractivity contribution in [1.82, 2.24) is 9.55 Å². The molecular weight excluding hydrogens is 212 g/mol. The standard InChI is InChI=1S/C14H22N2O/c17-10-12-6-3-7-13(12)16-9-8-15-14(16)11-4-1-2-5-11/h8-9,11-13,17H,1-7,10H2/t12-,13-/m0/s1. The fraction of sp³-hybridized carbons (Fsp3) is 0.786. The molecule has 1 aromatic heterocycles. The second-order valence-corrected chi connectivity index (χ2v) is 5.61. The Labute approximate surface area is 103 Å². The van der Waals surface area contributed by atoms with Crippen LogP contribution in [0.1, 0.15) is 62.7 Å². The Morgan fingerprint density at radius 2 is 2.00 bits per heavy atom. The van der Waals surface area contributed by atoms with Gasteiger partial charge >= 0.3 is 0 Å². The van der Waals surface area contributed by atoms with E-state index in [9.17, 15) is 5.11 Å². The maximum absolute atomic E-state index is 9.46. The van der Waals surface area contributed by atoms with Crippen molar-refractivity contribution in [3.05, 3.63) is 18.2 Å². The van der Waals surface area contributed by atoms with Crippen molar-refractivity contribution in [2.24, 2.45) is 5.92 Å². The molecule has 1 N–H and O–H groups in total. The van der Waals surface area contributed by atoms with Gasteiger partial charge in [-0.2, -0.15) is 0 Å². The fourth-order valence-corrected chi connectivity index (χ4v) is 3.70. The lowest BCUT2D eigenvalue weighted by Crippen LogP contribution is -2.19. The average Bonchev–Trinajstić information content (AvgIpc) is 3.09. The molecule has 0 aliphatic heterocycles. The van der Waals surface area contributed by atoms with Crippen LogP contribution in [0.15, 0.2) is 12.4 Å². The third kappa shape index (κ3) is 2.01. The summed E-state index contributed by atoms with van der Waals surface area (Å²) in [4.78, 5) is 4.59. The molecule has 17 heavy (non-hydrogen) atoms. The summed E-state index contributed by atoms with van der Waals surface area (Å²) in [5, 5.41) is 9.46. The highest BCUT2D eigenvalue weighted by Gasteiger charge is 2.31. The van der Waals surface area contributed by atoms with Crippen molar-refractivity contribution < 1.29 is 5.11 Å². The van der Waals surface area contributed by atoms with Gasteiger partial charge in [-0.05, 0) is 25.7 Å². The van der Waals surface area contributed by atoms with Gasteiger partial charge < -0.3 is 9.67 Å². The molecule has 0 radical (unpaired) electrons. The van der Waals surface area contributed by atoms with Gasteiger partial charge in [-0.15, -0.1) is 0 Å². The van der Waals surface area contributed by atoms with Gasteiger partial charge in [0, 0.05) is 36.9 Å². The van der Waals surface area contributed by atoms with E-state index in [0.717, 1.165) is 0 Å². The van der Waals surface area contributed by atoms with E-state index in [0.29, 0.717) is 24.5 Å². The Morgan fingerprint density at radius 1 is 1.18 bits per heavy atom. The Kier molecular flexibility index (Phi) is 3.19. The highest BCUT2D eigenvalue weighted by Crippen LogP contribution is 2.40. The number of imidazole rings is 1. The van der Waals surface area contributed by atoms with E-state index >= 15 is 0 Å². The number of nitrogens with zero attached hydrogens (tertiary/aromatic N) is 2. The van der Waals surface area contributed by atoms with E-state index in [-0.39, 0.29) is 0 Å². The molecule has 2 saturated carbocycles. The summed E-state index contributed by atoms with van der Waals surface area (Å²) in [5.74, 6) is 2.40. The molecule has 0 amide bonds. The molecule has 0 spiro atoms. The number of aliphatic hydroxyl groups is 1. The zero-order chi connectivity index (χ0) is 11.7. The number of aliphatic hydroxyl groups excluding tert-OH is 1. The maximum atomic E-state index is 9.46. The van der Waals surface area contributed by atoms with Crippen molar-refractivity contribution in [1.29, 1.82) is 0 Å². The van der Waals surface area contributed by atoms with Crippen LogP contribution in [-0.2, 0) is 0 Å². The fourth-order valence-electron chi connectivity index (χ4n) is 3.70. The van der Waals surface area contributed by atoms with Crippen LogP contribution in [0.3, 0.4) is 0 Å². The molecule has 0 bridgehead atoms. The van der Waals surface area contributed by atoms with Crippen molar-refractivity contribution in [2.45, 2.75) is 56.9 Å². The molecule has 0 saturated heterocycles. The third-order valence-corrected chi connectivity index (χ3v) is 4.63. The average molecular weight is 234 g/mol. The smallest absolute Gasteiger partial charge is 0.112 e. The number of rotatable bonds is 3. The van der Waals surface area contributed by atoms with Gasteiger partial charge in [-0.3, -0.25) is 0 Å².